The normalized spacial score (nSPS) is 13.4. The molecule has 7 heteroatoms. The van der Waals surface area contributed by atoms with Crippen LogP contribution < -0.4 is 0 Å². The molecule has 0 fully saturated rings. The minimum atomic E-state index is -4.89. The average molecular weight is 204 g/mol. The summed E-state index contributed by atoms with van der Waals surface area (Å²) >= 11 is 0. The molecule has 0 N–H and O–H groups in total. The number of hydrogen-bond acceptors (Lipinski definition) is 1. The van der Waals surface area contributed by atoms with Gasteiger partial charge in [0.2, 0.25) is 5.76 Å². The summed E-state index contributed by atoms with van der Waals surface area (Å²) in [6.07, 6.45) is -9.67. The van der Waals surface area contributed by atoms with Crippen molar-refractivity contribution in [2.45, 2.75) is 12.4 Å². The molecule has 0 radical (unpaired) electrons. The highest BCUT2D eigenvalue weighted by Gasteiger charge is 2.39. The molecule has 13 heavy (non-hydrogen) atoms. The molecule has 0 spiro atoms. The topological polar surface area (TPSA) is 13.1 Å². The van der Waals surface area contributed by atoms with E-state index in [0.717, 1.165) is 0 Å². The summed E-state index contributed by atoms with van der Waals surface area (Å²) in [6, 6.07) is -0.0833. The van der Waals surface area contributed by atoms with E-state index in [9.17, 15) is 26.3 Å². The van der Waals surface area contributed by atoms with Crippen LogP contribution in [0.3, 0.4) is 0 Å². The summed E-state index contributed by atoms with van der Waals surface area (Å²) in [5, 5.41) is 0. The Morgan fingerprint density at radius 2 is 1.46 bits per heavy atom. The van der Waals surface area contributed by atoms with Crippen LogP contribution in [0.4, 0.5) is 26.3 Å². The van der Waals surface area contributed by atoms with Crippen LogP contribution in [-0.2, 0) is 12.4 Å². The van der Waals surface area contributed by atoms with Crippen LogP contribution in [0, 0.1) is 0 Å². The van der Waals surface area contributed by atoms with Gasteiger partial charge in [0.05, 0.1) is 5.56 Å². The third-order valence-corrected chi connectivity index (χ3v) is 1.21. The Morgan fingerprint density at radius 3 is 1.69 bits per heavy atom. The van der Waals surface area contributed by atoms with Crippen molar-refractivity contribution in [3.63, 3.8) is 0 Å². The maximum Gasteiger partial charge on any atom is 0.449 e. The van der Waals surface area contributed by atoms with Crippen molar-refractivity contribution in [3.05, 3.63) is 23.7 Å². The van der Waals surface area contributed by atoms with Gasteiger partial charge in [0.15, 0.2) is 0 Å². The Hall–Kier alpha value is -1.14. The Bertz CT molecular complexity index is 264. The zero-order valence-corrected chi connectivity index (χ0v) is 5.83. The average Bonchev–Trinajstić information content (AvgIpc) is 2.28. The zero-order valence-electron chi connectivity index (χ0n) is 5.83. The summed E-state index contributed by atoms with van der Waals surface area (Å²) in [7, 11) is 0. The lowest BCUT2D eigenvalue weighted by atomic mass is 10.3. The van der Waals surface area contributed by atoms with Crippen molar-refractivity contribution in [1.29, 1.82) is 0 Å². The molecule has 0 aliphatic carbocycles. The predicted molar refractivity (Wildman–Crippen MR) is 28.7 cm³/mol. The lowest BCUT2D eigenvalue weighted by Gasteiger charge is -2.00. The molecule has 1 aromatic rings. The molecule has 1 heterocycles. The van der Waals surface area contributed by atoms with Crippen LogP contribution in [-0.4, -0.2) is 0 Å². The minimum Gasteiger partial charge on any atom is -0.459 e. The lowest BCUT2D eigenvalue weighted by Crippen LogP contribution is -2.05. The molecule has 0 saturated heterocycles. The van der Waals surface area contributed by atoms with Crippen molar-refractivity contribution >= 4 is 0 Å². The van der Waals surface area contributed by atoms with E-state index >= 15 is 0 Å². The van der Waals surface area contributed by atoms with Crippen LogP contribution in [0.5, 0.6) is 0 Å². The van der Waals surface area contributed by atoms with E-state index in [1.807, 2.05) is 0 Å². The van der Waals surface area contributed by atoms with Gasteiger partial charge in [0.1, 0.15) is 6.26 Å². The molecule has 0 saturated carbocycles. The molecule has 0 bridgehead atoms. The van der Waals surface area contributed by atoms with Crippen LogP contribution >= 0.6 is 0 Å². The Labute approximate surface area is 67.9 Å². The first kappa shape index (κ1) is 9.94. The summed E-state index contributed by atoms with van der Waals surface area (Å²) in [5.41, 5.74) is -1.44. The van der Waals surface area contributed by atoms with Gasteiger partial charge < -0.3 is 4.42 Å². The van der Waals surface area contributed by atoms with Crippen molar-refractivity contribution in [1.82, 2.24) is 0 Å². The monoisotopic (exact) mass is 204 g/mol. The Balaban J connectivity index is 3.01. The first-order valence-electron chi connectivity index (χ1n) is 2.94. The van der Waals surface area contributed by atoms with Crippen molar-refractivity contribution in [3.8, 4) is 0 Å². The van der Waals surface area contributed by atoms with Gasteiger partial charge in [-0.15, -0.1) is 0 Å². The van der Waals surface area contributed by atoms with E-state index in [1.54, 1.807) is 0 Å². The number of alkyl halides is 6. The molecule has 0 unspecified atom stereocenters. The molecule has 0 atom stereocenters. The number of hydrogen-bond donors (Lipinski definition) is 0. The number of rotatable bonds is 0. The van der Waals surface area contributed by atoms with Crippen LogP contribution in [0.15, 0.2) is 16.7 Å². The largest absolute Gasteiger partial charge is 0.459 e. The highest BCUT2D eigenvalue weighted by atomic mass is 19.4. The van der Waals surface area contributed by atoms with E-state index in [0.29, 0.717) is 0 Å². The third kappa shape index (κ3) is 2.16. The lowest BCUT2D eigenvalue weighted by molar-refractivity contribution is -0.153. The second-order valence-corrected chi connectivity index (χ2v) is 2.20. The van der Waals surface area contributed by atoms with Crippen molar-refractivity contribution in [2.75, 3.05) is 0 Å². The minimum absolute atomic E-state index is 0.0306. The molecule has 0 aliphatic rings. The molecule has 1 aromatic heterocycles. The fraction of sp³-hybridized carbons (Fsp3) is 0.333. The van der Waals surface area contributed by atoms with E-state index in [2.05, 4.69) is 4.42 Å². The van der Waals surface area contributed by atoms with Crippen molar-refractivity contribution in [2.24, 2.45) is 0 Å². The van der Waals surface area contributed by atoms with Gasteiger partial charge in [0.25, 0.3) is 0 Å². The van der Waals surface area contributed by atoms with Gasteiger partial charge in [-0.1, -0.05) is 0 Å². The Morgan fingerprint density at radius 1 is 0.923 bits per heavy atom. The van der Waals surface area contributed by atoms with E-state index in [4.69, 9.17) is 0 Å². The first-order chi connectivity index (χ1) is 5.71. The van der Waals surface area contributed by atoms with Gasteiger partial charge >= 0.3 is 12.4 Å². The van der Waals surface area contributed by atoms with Gasteiger partial charge in [-0.25, -0.2) is 0 Å². The molecule has 0 aromatic carbocycles. The highest BCUT2D eigenvalue weighted by Crippen LogP contribution is 2.36. The molecule has 1 rings (SSSR count). The van der Waals surface area contributed by atoms with Crippen LogP contribution in [0.2, 0.25) is 0 Å². The molecule has 0 amide bonds. The van der Waals surface area contributed by atoms with Crippen molar-refractivity contribution < 1.29 is 30.8 Å². The second-order valence-electron chi connectivity index (χ2n) is 2.20. The highest BCUT2D eigenvalue weighted by molar-refractivity contribution is 5.17. The molecule has 1 nitrogen and oxygen atoms in total. The third-order valence-electron chi connectivity index (χ3n) is 1.21. The SMILES string of the molecule is FC(F)(F)c1coc(C(F)(F)F)c1. The summed E-state index contributed by atoms with van der Waals surface area (Å²) in [4.78, 5) is 0. The maximum atomic E-state index is 11.8. The molecular weight excluding hydrogens is 202 g/mol. The summed E-state index contributed by atoms with van der Waals surface area (Å²) in [5.74, 6) is -1.65. The number of halogens is 6. The standard InChI is InChI=1S/C6H2F6O/c7-5(8,9)3-1-4(13-2-3)6(10,11)12/h1-2H. The molecular formula is C6H2F6O. The smallest absolute Gasteiger partial charge is 0.449 e. The first-order valence-corrected chi connectivity index (χ1v) is 2.94. The van der Waals surface area contributed by atoms with Gasteiger partial charge in [-0.2, -0.15) is 26.3 Å². The molecule has 0 aliphatic heterocycles. The number of furan rings is 1. The summed E-state index contributed by atoms with van der Waals surface area (Å²) < 4.78 is 74.2. The van der Waals surface area contributed by atoms with E-state index < -0.39 is 23.7 Å². The zero-order chi connectivity index (χ0) is 10.3. The summed E-state index contributed by atoms with van der Waals surface area (Å²) in [6.45, 7) is 0. The Kier molecular flexibility index (Phi) is 2.05. The van der Waals surface area contributed by atoms with E-state index in [-0.39, 0.29) is 12.3 Å². The predicted octanol–water partition coefficient (Wildman–Crippen LogP) is 3.32. The van der Waals surface area contributed by atoms with Gasteiger partial charge in [-0.3, -0.25) is 0 Å². The fourth-order valence-electron chi connectivity index (χ4n) is 0.634. The van der Waals surface area contributed by atoms with Crippen LogP contribution in [0.25, 0.3) is 0 Å². The quantitative estimate of drug-likeness (QED) is 0.591. The van der Waals surface area contributed by atoms with E-state index in [1.165, 1.54) is 0 Å². The fourth-order valence-corrected chi connectivity index (χ4v) is 0.634. The second kappa shape index (κ2) is 2.68. The molecule has 74 valence electrons. The van der Waals surface area contributed by atoms with Gasteiger partial charge in [-0.05, 0) is 0 Å². The maximum absolute atomic E-state index is 11.8. The van der Waals surface area contributed by atoms with Crippen LogP contribution in [0.1, 0.15) is 11.3 Å². The van der Waals surface area contributed by atoms with Gasteiger partial charge in [0, 0.05) is 6.07 Å².